The van der Waals surface area contributed by atoms with Crippen LogP contribution in [0.4, 0.5) is 5.69 Å². The minimum Gasteiger partial charge on any atom is -0.365 e. The Labute approximate surface area is 174 Å². The van der Waals surface area contributed by atoms with E-state index in [1.807, 2.05) is 18.2 Å². The molecule has 1 fully saturated rings. The molecule has 9 heteroatoms. The Morgan fingerprint density at radius 1 is 1.03 bits per heavy atom. The molecule has 156 valence electrons. The zero-order chi connectivity index (χ0) is 20.9. The molecule has 0 aromatic heterocycles. The van der Waals surface area contributed by atoms with Gasteiger partial charge in [0.1, 0.15) is 17.1 Å². The van der Waals surface area contributed by atoms with E-state index in [-0.39, 0.29) is 23.3 Å². The molecular weight excluding hydrogens is 404 g/mol. The number of carbonyl (C=O) groups excluding carboxylic acids is 2. The molecule has 0 unspecified atom stereocenters. The Hall–Kier alpha value is -2.91. The van der Waals surface area contributed by atoms with Crippen LogP contribution in [0.25, 0.3) is 0 Å². The fraction of sp³-hybridized carbons (Fsp3) is 0.333. The monoisotopic (exact) mass is 426 g/mol. The number of anilines is 1. The fourth-order valence-electron chi connectivity index (χ4n) is 4.47. The molecule has 2 N–H and O–H groups in total. The number of hydrogen-bond acceptors (Lipinski definition) is 5. The summed E-state index contributed by atoms with van der Waals surface area (Å²) < 4.78 is 28.1. The lowest BCUT2D eigenvalue weighted by Crippen LogP contribution is -2.62. The first kappa shape index (κ1) is 19.1. The summed E-state index contributed by atoms with van der Waals surface area (Å²) in [6.07, 6.45) is 0.890. The quantitative estimate of drug-likeness (QED) is 0.756. The van der Waals surface area contributed by atoms with Crippen LogP contribution in [0.3, 0.4) is 0 Å². The van der Waals surface area contributed by atoms with E-state index in [9.17, 15) is 18.0 Å². The van der Waals surface area contributed by atoms with Crippen molar-refractivity contribution in [2.45, 2.75) is 29.9 Å². The summed E-state index contributed by atoms with van der Waals surface area (Å²) in [6.45, 7) is 1.29. The van der Waals surface area contributed by atoms with Gasteiger partial charge in [-0.25, -0.2) is 8.42 Å². The van der Waals surface area contributed by atoms with Gasteiger partial charge in [0.2, 0.25) is 15.9 Å². The van der Waals surface area contributed by atoms with Crippen LogP contribution in [0.5, 0.6) is 0 Å². The number of nitrogens with one attached hydrogen (secondary N) is 2. The average molecular weight is 426 g/mol. The normalized spacial score (nSPS) is 21.1. The van der Waals surface area contributed by atoms with Crippen molar-refractivity contribution in [1.82, 2.24) is 14.5 Å². The third kappa shape index (κ3) is 3.14. The minimum absolute atomic E-state index is 0.0303. The molecule has 1 spiro atoms. The van der Waals surface area contributed by atoms with Gasteiger partial charge in [0.25, 0.3) is 5.91 Å². The van der Waals surface area contributed by atoms with E-state index in [1.54, 1.807) is 40.1 Å². The molecule has 0 aliphatic carbocycles. The maximum absolute atomic E-state index is 12.8. The van der Waals surface area contributed by atoms with Crippen molar-refractivity contribution in [3.05, 3.63) is 59.7 Å². The van der Waals surface area contributed by atoms with Crippen LogP contribution in [0, 0.1) is 0 Å². The number of likely N-dealkylation sites (tertiary alicyclic amines) is 1. The van der Waals surface area contributed by atoms with E-state index in [0.717, 1.165) is 5.56 Å². The molecule has 30 heavy (non-hydrogen) atoms. The van der Waals surface area contributed by atoms with Crippen molar-refractivity contribution in [3.8, 4) is 0 Å². The van der Waals surface area contributed by atoms with Gasteiger partial charge >= 0.3 is 0 Å². The third-order valence-corrected chi connectivity index (χ3v) is 7.67. The van der Waals surface area contributed by atoms with E-state index < -0.39 is 15.7 Å². The molecule has 3 heterocycles. The van der Waals surface area contributed by atoms with Crippen LogP contribution >= 0.6 is 0 Å². The Balaban J connectivity index is 1.25. The van der Waals surface area contributed by atoms with Gasteiger partial charge in [-0.1, -0.05) is 30.3 Å². The molecule has 8 nitrogen and oxygen atoms in total. The first-order chi connectivity index (χ1) is 14.4. The van der Waals surface area contributed by atoms with Crippen LogP contribution in [0.1, 0.15) is 28.8 Å². The highest BCUT2D eigenvalue weighted by Gasteiger charge is 2.44. The highest BCUT2D eigenvalue weighted by Crippen LogP contribution is 2.34. The molecule has 5 rings (SSSR count). The van der Waals surface area contributed by atoms with Crippen LogP contribution in [-0.4, -0.2) is 55.3 Å². The Morgan fingerprint density at radius 3 is 2.50 bits per heavy atom. The molecule has 1 saturated heterocycles. The summed E-state index contributed by atoms with van der Waals surface area (Å²) >= 11 is 0. The maximum atomic E-state index is 12.8. The first-order valence-electron chi connectivity index (χ1n) is 9.93. The lowest BCUT2D eigenvalue weighted by molar-refractivity contribution is -0.133. The second-order valence-electron chi connectivity index (χ2n) is 8.01. The zero-order valence-corrected chi connectivity index (χ0v) is 17.1. The Morgan fingerprint density at radius 2 is 1.73 bits per heavy atom. The van der Waals surface area contributed by atoms with Crippen LogP contribution in [0.2, 0.25) is 0 Å². The van der Waals surface area contributed by atoms with E-state index in [0.29, 0.717) is 43.7 Å². The number of piperidine rings is 1. The van der Waals surface area contributed by atoms with Gasteiger partial charge in [0.05, 0.1) is 5.69 Å². The molecule has 0 radical (unpaired) electrons. The Bertz CT molecular complexity index is 1140. The van der Waals surface area contributed by atoms with Gasteiger partial charge in [-0.15, -0.1) is 0 Å². The number of fused-ring (bicyclic) bond motifs is 2. The smallest absolute Gasteiger partial charge is 0.254 e. The highest BCUT2D eigenvalue weighted by atomic mass is 32.2. The number of hydrogen-bond donors (Lipinski definition) is 2. The SMILES string of the molecule is O=C(CN1Cc2ccccc2C1=O)N1CCC2(CC1)Nc1ccccc1S(=O)(=O)N2. The van der Waals surface area contributed by atoms with E-state index in [4.69, 9.17) is 0 Å². The predicted molar refractivity (Wildman–Crippen MR) is 110 cm³/mol. The molecule has 0 atom stereocenters. The average Bonchev–Trinajstić information content (AvgIpc) is 3.03. The van der Waals surface area contributed by atoms with Crippen LogP contribution in [0.15, 0.2) is 53.4 Å². The van der Waals surface area contributed by atoms with Crippen molar-refractivity contribution in [1.29, 1.82) is 0 Å². The summed E-state index contributed by atoms with van der Waals surface area (Å²) in [5.74, 6) is -0.240. The minimum atomic E-state index is -3.61. The van der Waals surface area contributed by atoms with Crippen molar-refractivity contribution >= 4 is 27.5 Å². The molecular formula is C21H22N4O4S. The first-order valence-corrected chi connectivity index (χ1v) is 11.4. The maximum Gasteiger partial charge on any atom is 0.254 e. The highest BCUT2D eigenvalue weighted by molar-refractivity contribution is 7.89. The summed E-state index contributed by atoms with van der Waals surface area (Å²) in [4.78, 5) is 28.8. The number of para-hydroxylation sites is 1. The lowest BCUT2D eigenvalue weighted by Gasteiger charge is -2.45. The molecule has 2 aromatic rings. The van der Waals surface area contributed by atoms with Crippen molar-refractivity contribution in [3.63, 3.8) is 0 Å². The number of amides is 2. The van der Waals surface area contributed by atoms with Gasteiger partial charge in [0, 0.05) is 38.0 Å². The summed E-state index contributed by atoms with van der Waals surface area (Å²) in [6, 6.07) is 14.2. The van der Waals surface area contributed by atoms with Crippen LogP contribution in [-0.2, 0) is 21.4 Å². The van der Waals surface area contributed by atoms with E-state index in [1.165, 1.54) is 0 Å². The predicted octanol–water partition coefficient (Wildman–Crippen LogP) is 1.37. The standard InChI is InChI=1S/C21H22N4O4S/c26-19(14-25-13-15-5-1-2-6-16(15)20(25)27)24-11-9-21(10-12-24)22-17-7-3-4-8-18(17)30(28,29)23-21/h1-8,22-23H,9-14H2. The summed E-state index contributed by atoms with van der Waals surface area (Å²) in [5.41, 5.74) is 1.37. The van der Waals surface area contributed by atoms with Crippen LogP contribution < -0.4 is 10.0 Å². The lowest BCUT2D eigenvalue weighted by atomic mass is 9.97. The second kappa shape index (κ2) is 6.82. The third-order valence-electron chi connectivity index (χ3n) is 6.07. The van der Waals surface area contributed by atoms with Gasteiger partial charge in [0.15, 0.2) is 0 Å². The summed E-state index contributed by atoms with van der Waals surface area (Å²) in [5, 5.41) is 3.33. The number of sulfonamides is 1. The van der Waals surface area contributed by atoms with Gasteiger partial charge in [-0.2, -0.15) is 4.72 Å². The Kier molecular flexibility index (Phi) is 4.33. The number of carbonyl (C=O) groups is 2. The molecule has 2 amide bonds. The molecule has 3 aliphatic heterocycles. The number of nitrogens with zero attached hydrogens (tertiary/aromatic N) is 2. The summed E-state index contributed by atoms with van der Waals surface area (Å²) in [7, 11) is -3.61. The molecule has 2 aromatic carbocycles. The largest absolute Gasteiger partial charge is 0.365 e. The van der Waals surface area contributed by atoms with Gasteiger partial charge in [-0.3, -0.25) is 9.59 Å². The molecule has 0 saturated carbocycles. The van der Waals surface area contributed by atoms with Gasteiger partial charge in [-0.05, 0) is 23.8 Å². The molecule has 3 aliphatic rings. The van der Waals surface area contributed by atoms with E-state index in [2.05, 4.69) is 10.0 Å². The molecule has 0 bridgehead atoms. The fourth-order valence-corrected chi connectivity index (χ4v) is 6.02. The van der Waals surface area contributed by atoms with Crippen molar-refractivity contribution in [2.24, 2.45) is 0 Å². The van der Waals surface area contributed by atoms with E-state index >= 15 is 0 Å². The van der Waals surface area contributed by atoms with Crippen molar-refractivity contribution < 1.29 is 18.0 Å². The topological polar surface area (TPSA) is 98.8 Å². The zero-order valence-electron chi connectivity index (χ0n) is 16.3. The van der Waals surface area contributed by atoms with Crippen molar-refractivity contribution in [2.75, 3.05) is 25.0 Å². The second-order valence-corrected chi connectivity index (χ2v) is 9.66. The van der Waals surface area contributed by atoms with Gasteiger partial charge < -0.3 is 15.1 Å². The number of benzene rings is 2. The number of rotatable bonds is 2.